The molecule has 0 saturated carbocycles. The summed E-state index contributed by atoms with van der Waals surface area (Å²) in [6, 6.07) is 12.3. The zero-order valence-electron chi connectivity index (χ0n) is 10.3. The molecule has 0 aliphatic heterocycles. The van der Waals surface area contributed by atoms with E-state index in [4.69, 9.17) is 4.74 Å². The number of hydrogen-bond acceptors (Lipinski definition) is 2. The number of benzene rings is 2. The molecule has 0 saturated heterocycles. The Labute approximate surface area is 102 Å². The highest BCUT2D eigenvalue weighted by Gasteiger charge is 2.08. The average molecular weight is 230 g/mol. The first-order valence-corrected chi connectivity index (χ1v) is 5.95. The van der Waals surface area contributed by atoms with Crippen LogP contribution >= 0.6 is 0 Å². The number of rotatable bonds is 4. The zero-order valence-corrected chi connectivity index (χ0v) is 10.3. The second-order valence-electron chi connectivity index (χ2n) is 4.36. The van der Waals surface area contributed by atoms with Crippen LogP contribution in [0.2, 0.25) is 0 Å². The Hall–Kier alpha value is -1.54. The number of fused-ring (bicyclic) bond motifs is 1. The van der Waals surface area contributed by atoms with E-state index in [0.29, 0.717) is 0 Å². The summed E-state index contributed by atoms with van der Waals surface area (Å²) in [5.74, 6) is 0.907. The third kappa shape index (κ3) is 2.59. The maximum Gasteiger partial charge on any atom is 0.122 e. The van der Waals surface area contributed by atoms with Crippen molar-refractivity contribution in [3.05, 3.63) is 42.0 Å². The van der Waals surface area contributed by atoms with Crippen LogP contribution in [0.25, 0.3) is 10.8 Å². The summed E-state index contributed by atoms with van der Waals surface area (Å²) < 4.78 is 5.40. The fourth-order valence-electron chi connectivity index (χ4n) is 2.12. The summed E-state index contributed by atoms with van der Waals surface area (Å²) in [6.07, 6.45) is 1.31. The van der Waals surface area contributed by atoms with Crippen LogP contribution in [0.1, 0.15) is 18.9 Å². The molecule has 0 fully saturated rings. The molecule has 1 N–H and O–H groups in total. The van der Waals surface area contributed by atoms with Crippen molar-refractivity contribution < 1.29 is 9.84 Å². The fourth-order valence-corrected chi connectivity index (χ4v) is 2.12. The molecule has 90 valence electrons. The van der Waals surface area contributed by atoms with Crippen molar-refractivity contribution in [2.75, 3.05) is 7.11 Å². The minimum absolute atomic E-state index is 0.279. The molecule has 0 unspecified atom stereocenters. The summed E-state index contributed by atoms with van der Waals surface area (Å²) in [5, 5.41) is 11.8. The van der Waals surface area contributed by atoms with E-state index in [0.717, 1.165) is 18.6 Å². The van der Waals surface area contributed by atoms with Gasteiger partial charge in [0.25, 0.3) is 0 Å². The van der Waals surface area contributed by atoms with Gasteiger partial charge in [-0.05, 0) is 36.6 Å². The van der Waals surface area contributed by atoms with E-state index < -0.39 is 0 Å². The van der Waals surface area contributed by atoms with Crippen LogP contribution in [-0.2, 0) is 6.42 Å². The lowest BCUT2D eigenvalue weighted by molar-refractivity contribution is 0.184. The minimum atomic E-state index is -0.279. The largest absolute Gasteiger partial charge is 0.496 e. The topological polar surface area (TPSA) is 29.5 Å². The molecule has 0 aliphatic rings. The third-order valence-corrected chi connectivity index (χ3v) is 3.03. The van der Waals surface area contributed by atoms with E-state index in [9.17, 15) is 5.11 Å². The van der Waals surface area contributed by atoms with Crippen molar-refractivity contribution in [1.29, 1.82) is 0 Å². The Morgan fingerprint density at radius 1 is 1.18 bits per heavy atom. The van der Waals surface area contributed by atoms with Gasteiger partial charge in [0.1, 0.15) is 5.75 Å². The van der Waals surface area contributed by atoms with Gasteiger partial charge in [-0.3, -0.25) is 0 Å². The molecule has 2 aromatic rings. The molecule has 17 heavy (non-hydrogen) atoms. The predicted octanol–water partition coefficient (Wildman–Crippen LogP) is 3.16. The van der Waals surface area contributed by atoms with Crippen LogP contribution in [0.3, 0.4) is 0 Å². The van der Waals surface area contributed by atoms with Crippen LogP contribution in [-0.4, -0.2) is 18.3 Å². The molecule has 0 aliphatic carbocycles. The number of methoxy groups -OCH3 is 1. The second kappa shape index (κ2) is 5.19. The molecule has 0 radical (unpaired) electrons. The van der Waals surface area contributed by atoms with E-state index in [1.807, 2.05) is 25.1 Å². The molecule has 0 spiro atoms. The lowest BCUT2D eigenvalue weighted by Crippen LogP contribution is -2.03. The number of hydrogen-bond donors (Lipinski definition) is 1. The summed E-state index contributed by atoms with van der Waals surface area (Å²) >= 11 is 0. The molecule has 0 heterocycles. The Bertz CT molecular complexity index is 503. The van der Waals surface area contributed by atoms with Crippen molar-refractivity contribution in [3.63, 3.8) is 0 Å². The first-order chi connectivity index (χ1) is 8.22. The smallest absolute Gasteiger partial charge is 0.122 e. The molecular formula is C15H18O2. The van der Waals surface area contributed by atoms with Crippen molar-refractivity contribution in [2.45, 2.75) is 25.9 Å². The van der Waals surface area contributed by atoms with E-state index in [-0.39, 0.29) is 6.10 Å². The monoisotopic (exact) mass is 230 g/mol. The SMILES string of the molecule is COc1ccc2ccccc2c1CC[C@@H](C)O. The van der Waals surface area contributed by atoms with Gasteiger partial charge in [-0.1, -0.05) is 30.3 Å². The number of ether oxygens (including phenoxy) is 1. The highest BCUT2D eigenvalue weighted by molar-refractivity contribution is 5.87. The van der Waals surface area contributed by atoms with E-state index in [1.54, 1.807) is 7.11 Å². The summed E-state index contributed by atoms with van der Waals surface area (Å²) in [4.78, 5) is 0. The lowest BCUT2D eigenvalue weighted by Gasteiger charge is -2.12. The lowest BCUT2D eigenvalue weighted by atomic mass is 9.98. The quantitative estimate of drug-likeness (QED) is 0.874. The number of aryl methyl sites for hydroxylation is 1. The van der Waals surface area contributed by atoms with Crippen molar-refractivity contribution in [1.82, 2.24) is 0 Å². The predicted molar refractivity (Wildman–Crippen MR) is 70.5 cm³/mol. The summed E-state index contributed by atoms with van der Waals surface area (Å²) in [6.45, 7) is 1.82. The molecule has 0 amide bonds. The Morgan fingerprint density at radius 2 is 1.94 bits per heavy atom. The second-order valence-corrected chi connectivity index (χ2v) is 4.36. The molecular weight excluding hydrogens is 212 g/mol. The van der Waals surface area contributed by atoms with Crippen molar-refractivity contribution in [2.24, 2.45) is 0 Å². The minimum Gasteiger partial charge on any atom is -0.496 e. The zero-order chi connectivity index (χ0) is 12.3. The Balaban J connectivity index is 2.47. The standard InChI is InChI=1S/C15H18O2/c1-11(16)7-9-14-13-6-4-3-5-12(13)8-10-15(14)17-2/h3-6,8,10-11,16H,7,9H2,1-2H3/t11-/m1/s1. The third-order valence-electron chi connectivity index (χ3n) is 3.03. The van der Waals surface area contributed by atoms with Crippen LogP contribution in [0.15, 0.2) is 36.4 Å². The molecule has 2 aromatic carbocycles. The van der Waals surface area contributed by atoms with E-state index in [2.05, 4.69) is 18.2 Å². The molecule has 2 rings (SSSR count). The van der Waals surface area contributed by atoms with Gasteiger partial charge in [0, 0.05) is 5.56 Å². The summed E-state index contributed by atoms with van der Waals surface area (Å²) in [7, 11) is 1.69. The Morgan fingerprint density at radius 3 is 2.65 bits per heavy atom. The molecule has 2 nitrogen and oxygen atoms in total. The van der Waals surface area contributed by atoms with E-state index in [1.165, 1.54) is 16.3 Å². The van der Waals surface area contributed by atoms with Gasteiger partial charge >= 0.3 is 0 Å². The maximum atomic E-state index is 9.41. The highest BCUT2D eigenvalue weighted by Crippen LogP contribution is 2.29. The van der Waals surface area contributed by atoms with Crippen molar-refractivity contribution >= 4 is 10.8 Å². The molecule has 0 aromatic heterocycles. The Kier molecular flexibility index (Phi) is 3.64. The van der Waals surface area contributed by atoms with Crippen LogP contribution in [0.5, 0.6) is 5.75 Å². The number of aliphatic hydroxyl groups excluding tert-OH is 1. The van der Waals surface area contributed by atoms with E-state index >= 15 is 0 Å². The fraction of sp³-hybridized carbons (Fsp3) is 0.333. The van der Waals surface area contributed by atoms with Gasteiger partial charge in [0.2, 0.25) is 0 Å². The van der Waals surface area contributed by atoms with Crippen molar-refractivity contribution in [3.8, 4) is 5.75 Å². The van der Waals surface area contributed by atoms with Gasteiger partial charge < -0.3 is 9.84 Å². The molecule has 2 heteroatoms. The van der Waals surface area contributed by atoms with Crippen LogP contribution in [0, 0.1) is 0 Å². The van der Waals surface area contributed by atoms with Crippen LogP contribution < -0.4 is 4.74 Å². The average Bonchev–Trinajstić information content (AvgIpc) is 2.35. The molecule has 0 bridgehead atoms. The van der Waals surface area contributed by atoms with Gasteiger partial charge in [-0.25, -0.2) is 0 Å². The number of aliphatic hydroxyl groups is 1. The highest BCUT2D eigenvalue weighted by atomic mass is 16.5. The van der Waals surface area contributed by atoms with Crippen LogP contribution in [0.4, 0.5) is 0 Å². The van der Waals surface area contributed by atoms with Gasteiger partial charge in [0.15, 0.2) is 0 Å². The first kappa shape index (κ1) is 11.9. The normalized spacial score (nSPS) is 12.6. The van der Waals surface area contributed by atoms with Gasteiger partial charge in [-0.2, -0.15) is 0 Å². The van der Waals surface area contributed by atoms with Gasteiger partial charge in [0.05, 0.1) is 13.2 Å². The maximum absolute atomic E-state index is 9.41. The summed E-state index contributed by atoms with van der Waals surface area (Å²) in [5.41, 5.74) is 1.19. The molecule has 1 atom stereocenters. The first-order valence-electron chi connectivity index (χ1n) is 5.95. The van der Waals surface area contributed by atoms with Gasteiger partial charge in [-0.15, -0.1) is 0 Å².